The van der Waals surface area contributed by atoms with Crippen molar-refractivity contribution >= 4 is 11.7 Å². The molecule has 4 nitrogen and oxygen atoms in total. The molecule has 5 heteroatoms. The van der Waals surface area contributed by atoms with Crippen molar-refractivity contribution in [2.24, 2.45) is 5.21 Å². The third kappa shape index (κ3) is 3.81. The molecule has 0 bridgehead atoms. The molecule has 0 amide bonds. The van der Waals surface area contributed by atoms with Gasteiger partial charge in [-0.15, -0.1) is 0 Å². The van der Waals surface area contributed by atoms with Gasteiger partial charge in [-0.3, -0.25) is 0 Å². The van der Waals surface area contributed by atoms with Crippen LogP contribution in [0.5, 0.6) is 0 Å². The Kier molecular flexibility index (Phi) is 4.32. The highest BCUT2D eigenvalue weighted by atomic mass is 19.2. The van der Waals surface area contributed by atoms with Gasteiger partial charge in [0.05, 0.1) is 0 Å². The number of nitriles is 1. The minimum absolute atomic E-state index is 0.460. The first-order valence-electron chi connectivity index (χ1n) is 2.61. The molecule has 0 aromatic rings. The van der Waals surface area contributed by atoms with E-state index in [1.807, 2.05) is 0 Å². The highest BCUT2D eigenvalue weighted by Crippen LogP contribution is 1.83. The molecular formula is C6H5FN2O2. The number of nitrogens with zero attached hydrogens (tertiary/aromatic N) is 2. The van der Waals surface area contributed by atoms with Crippen molar-refractivity contribution in [3.8, 4) is 6.07 Å². The Morgan fingerprint density at radius 3 is 2.91 bits per heavy atom. The van der Waals surface area contributed by atoms with E-state index in [4.69, 9.17) is 5.26 Å². The van der Waals surface area contributed by atoms with Gasteiger partial charge < -0.3 is 4.74 Å². The Balaban J connectivity index is 3.80. The summed E-state index contributed by atoms with van der Waals surface area (Å²) in [5.74, 6) is -0.721. The monoisotopic (exact) mass is 156 g/mol. The maximum absolute atomic E-state index is 11.4. The van der Waals surface area contributed by atoms with Crippen molar-refractivity contribution < 1.29 is 14.0 Å². The number of ether oxygens (including phenoxy) is 1. The Morgan fingerprint density at radius 1 is 1.91 bits per heavy atom. The van der Waals surface area contributed by atoms with E-state index in [0.717, 1.165) is 6.08 Å². The number of halogens is 1. The third-order valence-corrected chi connectivity index (χ3v) is 0.749. The van der Waals surface area contributed by atoms with Gasteiger partial charge in [-0.1, -0.05) is 16.3 Å². The lowest BCUT2D eigenvalue weighted by molar-refractivity contribution is -0.136. The molecule has 11 heavy (non-hydrogen) atoms. The molecule has 0 rings (SSSR count). The second-order valence-corrected chi connectivity index (χ2v) is 1.45. The lowest BCUT2D eigenvalue weighted by Crippen LogP contribution is -2.09. The van der Waals surface area contributed by atoms with Crippen molar-refractivity contribution in [2.75, 3.05) is 6.61 Å². The number of hydrogen-bond donors (Lipinski definition) is 0. The highest BCUT2D eigenvalue weighted by molar-refractivity contribution is 6.00. The molecule has 0 aromatic carbocycles. The van der Waals surface area contributed by atoms with Gasteiger partial charge in [0.1, 0.15) is 12.7 Å². The van der Waals surface area contributed by atoms with E-state index < -0.39 is 18.3 Å². The Bertz CT molecular complexity index is 229. The Morgan fingerprint density at radius 2 is 2.55 bits per heavy atom. The number of carbonyl (C=O) groups excluding carboxylic acids is 1. The molecule has 0 heterocycles. The minimum atomic E-state index is -0.721. The van der Waals surface area contributed by atoms with Gasteiger partial charge in [0.2, 0.25) is 0 Å². The predicted octanol–water partition coefficient (Wildman–Crippen LogP) is 0.565. The summed E-state index contributed by atoms with van der Waals surface area (Å²) in [4.78, 5) is 10.3. The number of rotatable bonds is 3. The fourth-order valence-corrected chi connectivity index (χ4v) is 0.274. The molecule has 0 aromatic heterocycles. The van der Waals surface area contributed by atoms with Crippen molar-refractivity contribution in [1.29, 1.82) is 5.26 Å². The third-order valence-electron chi connectivity index (χ3n) is 0.749. The molecule has 0 aliphatic carbocycles. The van der Waals surface area contributed by atoms with E-state index in [2.05, 4.69) is 16.5 Å². The molecular weight excluding hydrogens is 151 g/mol. The summed E-state index contributed by atoms with van der Waals surface area (Å²) in [6.07, 6.45) is 0.910. The summed E-state index contributed by atoms with van der Waals surface area (Å²) in [5, 5.41) is 10.1. The smallest absolute Gasteiger partial charge is 0.330 e. The molecule has 0 spiro atoms. The van der Waals surface area contributed by atoms with E-state index in [0.29, 0.717) is 0 Å². The average molecular weight is 156 g/mol. The fourth-order valence-electron chi connectivity index (χ4n) is 0.274. The number of esters is 1. The molecule has 0 aliphatic rings. The van der Waals surface area contributed by atoms with Crippen molar-refractivity contribution in [2.45, 2.75) is 0 Å². The van der Waals surface area contributed by atoms with Crippen LogP contribution in [0.1, 0.15) is 0 Å². The summed E-state index contributed by atoms with van der Waals surface area (Å²) >= 11 is 0. The summed E-state index contributed by atoms with van der Waals surface area (Å²) in [6, 6.07) is 1.39. The van der Waals surface area contributed by atoms with Gasteiger partial charge in [0.25, 0.3) is 0 Å². The zero-order valence-corrected chi connectivity index (χ0v) is 5.58. The number of carbonyl (C=O) groups is 1. The second kappa shape index (κ2) is 5.11. The van der Waals surface area contributed by atoms with Crippen LogP contribution >= 0.6 is 0 Å². The lowest BCUT2D eigenvalue weighted by atomic mass is 10.4. The van der Waals surface area contributed by atoms with Crippen LogP contribution in [0.2, 0.25) is 0 Å². The predicted molar refractivity (Wildman–Crippen MR) is 35.3 cm³/mol. The van der Waals surface area contributed by atoms with Gasteiger partial charge >= 0.3 is 5.97 Å². The number of hydrogen-bond acceptors (Lipinski definition) is 4. The van der Waals surface area contributed by atoms with Crippen molar-refractivity contribution in [3.63, 3.8) is 0 Å². The minimum Gasteiger partial charge on any atom is -0.455 e. The van der Waals surface area contributed by atoms with Gasteiger partial charge in [0, 0.05) is 6.08 Å². The molecule has 0 saturated heterocycles. The molecule has 58 valence electrons. The van der Waals surface area contributed by atoms with Crippen LogP contribution < -0.4 is 0 Å². The second-order valence-electron chi connectivity index (χ2n) is 1.45. The SMILES string of the molecule is C=CC(=O)OCC(C#N)=NF. The first-order valence-corrected chi connectivity index (χ1v) is 2.61. The van der Waals surface area contributed by atoms with Crippen LogP contribution in [0.25, 0.3) is 0 Å². The van der Waals surface area contributed by atoms with Crippen LogP contribution in [0.4, 0.5) is 4.48 Å². The summed E-state index contributed by atoms with van der Waals surface area (Å²) in [7, 11) is 0. The summed E-state index contributed by atoms with van der Waals surface area (Å²) < 4.78 is 15.6. The van der Waals surface area contributed by atoms with E-state index in [1.165, 1.54) is 6.07 Å². The summed E-state index contributed by atoms with van der Waals surface area (Å²) in [5.41, 5.74) is -0.486. The standard InChI is InChI=1S/C6H5FN2O2/c1-2-6(10)11-4-5(3-8)9-7/h2H,1,4H2. The van der Waals surface area contributed by atoms with Gasteiger partial charge in [0.15, 0.2) is 5.71 Å². The quantitative estimate of drug-likeness (QED) is 0.341. The first-order chi connectivity index (χ1) is 5.24. The maximum atomic E-state index is 11.4. The lowest BCUT2D eigenvalue weighted by Gasteiger charge is -1.95. The molecule has 0 aliphatic heterocycles. The van der Waals surface area contributed by atoms with E-state index in [-0.39, 0.29) is 0 Å². The fraction of sp³-hybridized carbons (Fsp3) is 0.167. The van der Waals surface area contributed by atoms with Gasteiger partial charge in [-0.25, -0.2) is 4.79 Å². The van der Waals surface area contributed by atoms with Crippen molar-refractivity contribution in [3.05, 3.63) is 12.7 Å². The van der Waals surface area contributed by atoms with Crippen molar-refractivity contribution in [1.82, 2.24) is 0 Å². The Labute approximate surface area is 62.5 Å². The zero-order chi connectivity index (χ0) is 8.69. The highest BCUT2D eigenvalue weighted by Gasteiger charge is 2.00. The van der Waals surface area contributed by atoms with Crippen LogP contribution in [0, 0.1) is 11.3 Å². The topological polar surface area (TPSA) is 62.5 Å². The molecule has 0 radical (unpaired) electrons. The largest absolute Gasteiger partial charge is 0.455 e. The first kappa shape index (κ1) is 9.30. The van der Waals surface area contributed by atoms with E-state index in [9.17, 15) is 9.28 Å². The Hall–Kier alpha value is -1.70. The van der Waals surface area contributed by atoms with Crippen LogP contribution in [0.3, 0.4) is 0 Å². The van der Waals surface area contributed by atoms with Crippen LogP contribution in [-0.2, 0) is 9.53 Å². The van der Waals surface area contributed by atoms with Gasteiger partial charge in [-0.05, 0) is 0 Å². The molecule has 0 saturated carbocycles. The molecule has 0 unspecified atom stereocenters. The molecule has 0 N–H and O–H groups in total. The molecule has 0 atom stereocenters. The zero-order valence-electron chi connectivity index (χ0n) is 5.58. The van der Waals surface area contributed by atoms with Crippen LogP contribution in [-0.4, -0.2) is 18.3 Å². The molecule has 0 fully saturated rings. The van der Waals surface area contributed by atoms with Gasteiger partial charge in [-0.2, -0.15) is 5.26 Å². The van der Waals surface area contributed by atoms with Crippen LogP contribution in [0.15, 0.2) is 17.9 Å². The normalized spacial score (nSPS) is 10.0. The van der Waals surface area contributed by atoms with E-state index >= 15 is 0 Å². The van der Waals surface area contributed by atoms with E-state index in [1.54, 1.807) is 0 Å². The summed E-state index contributed by atoms with van der Waals surface area (Å²) in [6.45, 7) is 2.64. The average Bonchev–Trinajstić information content (AvgIpc) is 2.06. The maximum Gasteiger partial charge on any atom is 0.330 e.